The van der Waals surface area contributed by atoms with Crippen LogP contribution in [0, 0.1) is 11.8 Å². The first-order valence-corrected chi connectivity index (χ1v) is 9.36. The van der Waals surface area contributed by atoms with Crippen LogP contribution in [0.5, 0.6) is 0 Å². The van der Waals surface area contributed by atoms with Crippen molar-refractivity contribution in [2.24, 2.45) is 11.8 Å². The molecule has 1 aromatic heterocycles. The number of nitrogens with zero attached hydrogens (tertiary/aromatic N) is 2. The molecule has 1 heterocycles. The van der Waals surface area contributed by atoms with Crippen LogP contribution in [0.25, 0.3) is 17.1 Å². The average molecular weight is 345 g/mol. The van der Waals surface area contributed by atoms with Gasteiger partial charge in [-0.2, -0.15) is 0 Å². The summed E-state index contributed by atoms with van der Waals surface area (Å²) in [4.78, 5) is 4.65. The number of imidazole rings is 1. The summed E-state index contributed by atoms with van der Waals surface area (Å²) in [6, 6.07) is 10.4. The van der Waals surface area contributed by atoms with Crippen molar-refractivity contribution in [2.45, 2.75) is 34.1 Å². The molecule has 1 aliphatic carbocycles. The molecule has 0 aliphatic heterocycles. The van der Waals surface area contributed by atoms with Gasteiger partial charge in [0.2, 0.25) is 0 Å². The lowest BCUT2D eigenvalue weighted by molar-refractivity contribution is 0.638. The SMILES string of the molecule is C=C/C(=C\C)C1C=C(C)C(n2ccnc2-c2ccccc2)=C(C(C)C)C1. The van der Waals surface area contributed by atoms with Crippen LogP contribution in [0.1, 0.15) is 34.1 Å². The summed E-state index contributed by atoms with van der Waals surface area (Å²) in [6.45, 7) is 12.9. The number of benzene rings is 1. The minimum absolute atomic E-state index is 0.405. The van der Waals surface area contributed by atoms with E-state index in [-0.39, 0.29) is 0 Å². The van der Waals surface area contributed by atoms with E-state index in [0.717, 1.165) is 17.8 Å². The van der Waals surface area contributed by atoms with Gasteiger partial charge >= 0.3 is 0 Å². The number of allylic oxidation sites excluding steroid dienone is 7. The zero-order chi connectivity index (χ0) is 18.7. The molecule has 0 amide bonds. The Morgan fingerprint density at radius 1 is 1.27 bits per heavy atom. The van der Waals surface area contributed by atoms with Crippen molar-refractivity contribution in [1.29, 1.82) is 0 Å². The van der Waals surface area contributed by atoms with Gasteiger partial charge in [-0.05, 0) is 42.9 Å². The normalized spacial score (nSPS) is 18.3. The van der Waals surface area contributed by atoms with Crippen LogP contribution in [0.15, 0.2) is 84.3 Å². The van der Waals surface area contributed by atoms with Gasteiger partial charge < -0.3 is 0 Å². The second kappa shape index (κ2) is 7.74. The maximum atomic E-state index is 4.65. The lowest BCUT2D eigenvalue weighted by Gasteiger charge is -2.30. The predicted molar refractivity (Wildman–Crippen MR) is 112 cm³/mol. The van der Waals surface area contributed by atoms with Crippen LogP contribution in [0.4, 0.5) is 0 Å². The number of rotatable bonds is 5. The third kappa shape index (κ3) is 3.37. The Labute approximate surface area is 157 Å². The first-order valence-electron chi connectivity index (χ1n) is 9.36. The Balaban J connectivity index is 2.12. The molecule has 0 N–H and O–H groups in total. The van der Waals surface area contributed by atoms with Crippen molar-refractivity contribution in [2.75, 3.05) is 0 Å². The third-order valence-corrected chi connectivity index (χ3v) is 5.18. The molecule has 134 valence electrons. The Morgan fingerprint density at radius 2 is 2.00 bits per heavy atom. The minimum atomic E-state index is 0.405. The second-order valence-electron chi connectivity index (χ2n) is 7.17. The van der Waals surface area contributed by atoms with E-state index in [2.05, 4.69) is 86.4 Å². The molecule has 0 saturated heterocycles. The molecule has 0 fully saturated rings. The molecule has 2 nitrogen and oxygen atoms in total. The highest BCUT2D eigenvalue weighted by Crippen LogP contribution is 2.40. The monoisotopic (exact) mass is 344 g/mol. The van der Waals surface area contributed by atoms with Crippen molar-refractivity contribution in [3.05, 3.63) is 84.3 Å². The van der Waals surface area contributed by atoms with Crippen LogP contribution in [-0.2, 0) is 0 Å². The number of hydrogen-bond acceptors (Lipinski definition) is 1. The molecule has 2 aromatic rings. The van der Waals surface area contributed by atoms with Gasteiger partial charge in [0.1, 0.15) is 5.82 Å². The lowest BCUT2D eigenvalue weighted by Crippen LogP contribution is -2.16. The van der Waals surface area contributed by atoms with E-state index in [0.29, 0.717) is 11.8 Å². The standard InChI is InChI=1S/C24H28N2/c1-6-19(7-2)21-15-18(5)23(22(16-21)17(3)4)26-14-13-25-24(26)20-11-9-8-10-12-20/h6-15,17,21H,1,16H2,2-5H3/b19-7+. The third-order valence-electron chi connectivity index (χ3n) is 5.18. The van der Waals surface area contributed by atoms with E-state index in [1.165, 1.54) is 22.4 Å². The van der Waals surface area contributed by atoms with Crippen LogP contribution in [0.3, 0.4) is 0 Å². The number of aromatic nitrogens is 2. The molecular weight excluding hydrogens is 316 g/mol. The fraction of sp³-hybridized carbons (Fsp3) is 0.292. The van der Waals surface area contributed by atoms with Crippen LogP contribution >= 0.6 is 0 Å². The summed E-state index contributed by atoms with van der Waals surface area (Å²) >= 11 is 0. The van der Waals surface area contributed by atoms with Crippen LogP contribution in [-0.4, -0.2) is 9.55 Å². The predicted octanol–water partition coefficient (Wildman–Crippen LogP) is 6.52. The van der Waals surface area contributed by atoms with Crippen molar-refractivity contribution >= 4 is 5.70 Å². The highest BCUT2D eigenvalue weighted by Gasteiger charge is 2.25. The lowest BCUT2D eigenvalue weighted by atomic mass is 9.79. The van der Waals surface area contributed by atoms with Crippen molar-refractivity contribution < 1.29 is 0 Å². The van der Waals surface area contributed by atoms with Gasteiger partial charge in [-0.3, -0.25) is 4.57 Å². The molecule has 1 atom stereocenters. The van der Waals surface area contributed by atoms with E-state index in [4.69, 9.17) is 0 Å². The Bertz CT molecular complexity index is 876. The van der Waals surface area contributed by atoms with Crippen LogP contribution < -0.4 is 0 Å². The van der Waals surface area contributed by atoms with Crippen LogP contribution in [0.2, 0.25) is 0 Å². The molecule has 0 spiro atoms. The van der Waals surface area contributed by atoms with Gasteiger partial charge in [-0.15, -0.1) is 0 Å². The highest BCUT2D eigenvalue weighted by atomic mass is 15.1. The molecule has 2 heteroatoms. The Kier molecular flexibility index (Phi) is 5.41. The first-order chi connectivity index (χ1) is 12.6. The first kappa shape index (κ1) is 18.2. The van der Waals surface area contributed by atoms with Gasteiger partial charge in [0.05, 0.1) is 0 Å². The zero-order valence-electron chi connectivity index (χ0n) is 16.2. The summed E-state index contributed by atoms with van der Waals surface area (Å²) < 4.78 is 2.26. The zero-order valence-corrected chi connectivity index (χ0v) is 16.2. The van der Waals surface area contributed by atoms with Crippen molar-refractivity contribution in [3.63, 3.8) is 0 Å². The van der Waals surface area contributed by atoms with Gasteiger partial charge in [0.15, 0.2) is 0 Å². The molecule has 0 bridgehead atoms. The van der Waals surface area contributed by atoms with E-state index in [1.807, 2.05) is 18.3 Å². The molecule has 0 saturated carbocycles. The maximum Gasteiger partial charge on any atom is 0.144 e. The van der Waals surface area contributed by atoms with E-state index < -0.39 is 0 Å². The molecule has 0 radical (unpaired) electrons. The fourth-order valence-corrected chi connectivity index (χ4v) is 3.86. The quantitative estimate of drug-likeness (QED) is 0.565. The molecular formula is C24H28N2. The van der Waals surface area contributed by atoms with Crippen molar-refractivity contribution in [1.82, 2.24) is 9.55 Å². The Morgan fingerprint density at radius 3 is 2.62 bits per heavy atom. The van der Waals surface area contributed by atoms with Gasteiger partial charge in [0.25, 0.3) is 0 Å². The fourth-order valence-electron chi connectivity index (χ4n) is 3.86. The summed E-state index contributed by atoms with van der Waals surface area (Å²) in [5.41, 5.74) is 6.53. The van der Waals surface area contributed by atoms with Gasteiger partial charge in [-0.1, -0.05) is 69.0 Å². The van der Waals surface area contributed by atoms with Crippen molar-refractivity contribution in [3.8, 4) is 11.4 Å². The van der Waals surface area contributed by atoms with Gasteiger partial charge in [-0.25, -0.2) is 4.98 Å². The summed E-state index contributed by atoms with van der Waals surface area (Å²) in [5, 5.41) is 0. The molecule has 1 aromatic carbocycles. The molecule has 26 heavy (non-hydrogen) atoms. The van der Waals surface area contributed by atoms with E-state index >= 15 is 0 Å². The Hall–Kier alpha value is -2.61. The van der Waals surface area contributed by atoms with E-state index in [9.17, 15) is 0 Å². The smallest absolute Gasteiger partial charge is 0.144 e. The minimum Gasteiger partial charge on any atom is -0.300 e. The molecule has 1 unspecified atom stereocenters. The maximum absolute atomic E-state index is 4.65. The number of hydrogen-bond donors (Lipinski definition) is 0. The highest BCUT2D eigenvalue weighted by molar-refractivity contribution is 5.74. The summed E-state index contributed by atoms with van der Waals surface area (Å²) in [7, 11) is 0. The summed E-state index contributed by atoms with van der Waals surface area (Å²) in [6.07, 6.45) is 11.6. The topological polar surface area (TPSA) is 17.8 Å². The van der Waals surface area contributed by atoms with E-state index in [1.54, 1.807) is 0 Å². The average Bonchev–Trinajstić information content (AvgIpc) is 3.12. The molecule has 1 aliphatic rings. The van der Waals surface area contributed by atoms with Gasteiger partial charge in [0, 0.05) is 29.6 Å². The second-order valence-corrected chi connectivity index (χ2v) is 7.17. The molecule has 3 rings (SSSR count). The largest absolute Gasteiger partial charge is 0.300 e. The summed E-state index contributed by atoms with van der Waals surface area (Å²) in [5.74, 6) is 1.88.